The highest BCUT2D eigenvalue weighted by Gasteiger charge is 2.21. The van der Waals surface area contributed by atoms with Crippen molar-refractivity contribution >= 4 is 22.5 Å². The fourth-order valence-electron chi connectivity index (χ4n) is 5.36. The number of carbonyl (C=O) groups excluding carboxylic acids is 1. The minimum Gasteiger partial charge on any atom is -0.454 e. The molecule has 1 saturated carbocycles. The number of amides is 1. The van der Waals surface area contributed by atoms with E-state index in [4.69, 9.17) is 9.47 Å². The summed E-state index contributed by atoms with van der Waals surface area (Å²) >= 11 is 0. The monoisotopic (exact) mass is 542 g/mol. The molecular weight excluding hydrogens is 516 g/mol. The second-order valence-corrected chi connectivity index (χ2v) is 10.1. The number of nitro benzene ring substituents is 1. The summed E-state index contributed by atoms with van der Waals surface area (Å²) in [5.74, 6) is 0.843. The molecule has 11 nitrogen and oxygen atoms in total. The third kappa shape index (κ3) is 4.81. The number of carbonyl (C=O) groups is 1. The maximum absolute atomic E-state index is 13.9. The Hall–Kier alpha value is -4.93. The van der Waals surface area contributed by atoms with Gasteiger partial charge in [-0.15, -0.1) is 0 Å². The molecule has 1 fully saturated rings. The third-order valence-corrected chi connectivity index (χ3v) is 7.42. The Kier molecular flexibility index (Phi) is 6.54. The van der Waals surface area contributed by atoms with Gasteiger partial charge in [0.2, 0.25) is 6.79 Å². The summed E-state index contributed by atoms with van der Waals surface area (Å²) in [5, 5.41) is 14.6. The van der Waals surface area contributed by atoms with Crippen LogP contribution in [0.5, 0.6) is 11.5 Å². The molecule has 1 aromatic heterocycles. The van der Waals surface area contributed by atoms with Gasteiger partial charge in [-0.1, -0.05) is 31.0 Å². The number of hydrogen-bond acceptors (Lipinski definition) is 7. The SMILES string of the molecule is O=C(NC1CCCC1)c1ccc2c(=O)n(Cc3ccc4c(c3)OCO4)c(=O)n(Cc3cccc([N+](=O)[O-])c3)c2c1. The summed E-state index contributed by atoms with van der Waals surface area (Å²) in [6.07, 6.45) is 3.96. The first-order valence-electron chi connectivity index (χ1n) is 13.1. The van der Waals surface area contributed by atoms with Crippen LogP contribution in [0.25, 0.3) is 10.9 Å². The first-order valence-corrected chi connectivity index (χ1v) is 13.1. The number of hydrogen-bond donors (Lipinski definition) is 1. The van der Waals surface area contributed by atoms with E-state index in [0.717, 1.165) is 30.3 Å². The van der Waals surface area contributed by atoms with Gasteiger partial charge >= 0.3 is 5.69 Å². The number of aromatic nitrogens is 2. The number of nitrogens with one attached hydrogen (secondary N) is 1. The van der Waals surface area contributed by atoms with Gasteiger partial charge < -0.3 is 14.8 Å². The van der Waals surface area contributed by atoms with Crippen molar-refractivity contribution in [2.75, 3.05) is 6.79 Å². The maximum atomic E-state index is 13.9. The number of ether oxygens (including phenoxy) is 2. The van der Waals surface area contributed by atoms with Crippen molar-refractivity contribution in [3.05, 3.63) is 108 Å². The van der Waals surface area contributed by atoms with Crippen LogP contribution < -0.4 is 26.0 Å². The minimum atomic E-state index is -0.602. The fraction of sp³-hybridized carbons (Fsp3) is 0.276. The van der Waals surface area contributed by atoms with Gasteiger partial charge in [0, 0.05) is 23.7 Å². The molecule has 2 aliphatic rings. The molecule has 0 spiro atoms. The van der Waals surface area contributed by atoms with Crippen LogP contribution in [0.15, 0.2) is 70.3 Å². The summed E-state index contributed by atoms with van der Waals surface area (Å²) in [6, 6.07) is 16.0. The van der Waals surface area contributed by atoms with E-state index in [1.54, 1.807) is 48.5 Å². The summed E-state index contributed by atoms with van der Waals surface area (Å²) in [6.45, 7) is 0.0383. The summed E-state index contributed by atoms with van der Waals surface area (Å²) in [4.78, 5) is 51.3. The van der Waals surface area contributed by atoms with Crippen LogP contribution in [0.1, 0.15) is 47.2 Å². The molecule has 0 bridgehead atoms. The van der Waals surface area contributed by atoms with E-state index in [1.807, 2.05) is 0 Å². The Bertz CT molecular complexity index is 1770. The minimum absolute atomic E-state index is 0.0247. The normalized spacial score (nSPS) is 14.5. The number of rotatable bonds is 7. The number of nitrogens with zero attached hydrogens (tertiary/aromatic N) is 3. The van der Waals surface area contributed by atoms with Gasteiger partial charge in [-0.25, -0.2) is 4.79 Å². The van der Waals surface area contributed by atoms with Crippen molar-refractivity contribution < 1.29 is 19.2 Å². The van der Waals surface area contributed by atoms with Gasteiger partial charge in [0.05, 0.1) is 28.9 Å². The van der Waals surface area contributed by atoms with Crippen LogP contribution in [0, 0.1) is 10.1 Å². The molecule has 0 radical (unpaired) electrons. The number of nitro groups is 1. The first kappa shape index (κ1) is 25.4. The molecule has 1 amide bonds. The van der Waals surface area contributed by atoms with E-state index >= 15 is 0 Å². The van der Waals surface area contributed by atoms with Gasteiger partial charge in [-0.2, -0.15) is 0 Å². The van der Waals surface area contributed by atoms with Gasteiger partial charge in [0.15, 0.2) is 11.5 Å². The highest BCUT2D eigenvalue weighted by Crippen LogP contribution is 2.32. The zero-order chi connectivity index (χ0) is 27.8. The Morgan fingerprint density at radius 1 is 0.925 bits per heavy atom. The van der Waals surface area contributed by atoms with Gasteiger partial charge in [-0.05, 0) is 54.3 Å². The van der Waals surface area contributed by atoms with Crippen molar-refractivity contribution in [2.45, 2.75) is 44.8 Å². The molecule has 6 rings (SSSR count). The highest BCUT2D eigenvalue weighted by atomic mass is 16.7. The molecule has 2 heterocycles. The molecule has 1 N–H and O–H groups in total. The van der Waals surface area contributed by atoms with E-state index in [0.29, 0.717) is 28.2 Å². The van der Waals surface area contributed by atoms with Gasteiger partial charge in [0.1, 0.15) is 0 Å². The van der Waals surface area contributed by atoms with E-state index in [-0.39, 0.29) is 48.4 Å². The Labute approximate surface area is 227 Å². The lowest BCUT2D eigenvalue weighted by molar-refractivity contribution is -0.384. The molecule has 0 unspecified atom stereocenters. The van der Waals surface area contributed by atoms with Crippen molar-refractivity contribution in [1.82, 2.24) is 14.5 Å². The van der Waals surface area contributed by atoms with E-state index < -0.39 is 16.2 Å². The number of fused-ring (bicyclic) bond motifs is 2. The Morgan fingerprint density at radius 3 is 2.48 bits per heavy atom. The van der Waals surface area contributed by atoms with Crippen LogP contribution in [-0.2, 0) is 13.1 Å². The molecule has 0 atom stereocenters. The second kappa shape index (κ2) is 10.3. The van der Waals surface area contributed by atoms with Crippen molar-refractivity contribution in [3.8, 4) is 11.5 Å². The predicted molar refractivity (Wildman–Crippen MR) is 146 cm³/mol. The van der Waals surface area contributed by atoms with Crippen LogP contribution in [0.3, 0.4) is 0 Å². The molecule has 204 valence electrons. The number of non-ortho nitro benzene ring substituents is 1. The second-order valence-electron chi connectivity index (χ2n) is 10.1. The van der Waals surface area contributed by atoms with Gasteiger partial charge in [-0.3, -0.25) is 28.8 Å². The quantitative estimate of drug-likeness (QED) is 0.279. The molecule has 1 aliphatic heterocycles. The lowest BCUT2D eigenvalue weighted by atomic mass is 10.1. The topological polar surface area (TPSA) is 135 Å². The Morgan fingerprint density at radius 2 is 1.68 bits per heavy atom. The fourth-order valence-corrected chi connectivity index (χ4v) is 5.36. The molecule has 3 aromatic carbocycles. The number of benzene rings is 3. The lowest BCUT2D eigenvalue weighted by Crippen LogP contribution is -2.40. The van der Waals surface area contributed by atoms with Crippen LogP contribution in [0.2, 0.25) is 0 Å². The van der Waals surface area contributed by atoms with Crippen molar-refractivity contribution in [2.24, 2.45) is 0 Å². The average molecular weight is 543 g/mol. The Balaban J connectivity index is 1.46. The molecule has 40 heavy (non-hydrogen) atoms. The zero-order valence-corrected chi connectivity index (χ0v) is 21.5. The first-order chi connectivity index (χ1) is 19.4. The van der Waals surface area contributed by atoms with Crippen molar-refractivity contribution in [3.63, 3.8) is 0 Å². The summed E-state index contributed by atoms with van der Waals surface area (Å²) < 4.78 is 13.3. The molecule has 11 heteroatoms. The lowest BCUT2D eigenvalue weighted by Gasteiger charge is -2.16. The molecular formula is C29H26N4O7. The molecule has 4 aromatic rings. The summed E-state index contributed by atoms with van der Waals surface area (Å²) in [5.41, 5.74) is 0.567. The van der Waals surface area contributed by atoms with E-state index in [9.17, 15) is 24.5 Å². The van der Waals surface area contributed by atoms with Crippen molar-refractivity contribution in [1.29, 1.82) is 0 Å². The average Bonchev–Trinajstić information content (AvgIpc) is 3.65. The largest absolute Gasteiger partial charge is 0.454 e. The predicted octanol–water partition coefficient (Wildman–Crippen LogP) is 3.57. The third-order valence-electron chi connectivity index (χ3n) is 7.42. The molecule has 1 aliphatic carbocycles. The maximum Gasteiger partial charge on any atom is 0.332 e. The molecule has 0 saturated heterocycles. The highest BCUT2D eigenvalue weighted by molar-refractivity contribution is 5.98. The summed E-state index contributed by atoms with van der Waals surface area (Å²) in [7, 11) is 0. The van der Waals surface area contributed by atoms with Crippen LogP contribution in [-0.4, -0.2) is 32.8 Å². The zero-order valence-electron chi connectivity index (χ0n) is 21.5. The standard InChI is InChI=1S/C29H26N4O7/c34-27(30-21-5-1-2-6-21)20-9-10-23-24(14-20)31(15-18-4-3-7-22(12-18)33(37)38)29(36)32(28(23)35)16-19-8-11-25-26(13-19)40-17-39-25/h3-4,7-14,21H,1-2,5-6,15-17H2,(H,30,34). The van der Waals surface area contributed by atoms with Crippen LogP contribution in [0.4, 0.5) is 5.69 Å². The van der Waals surface area contributed by atoms with E-state index in [1.165, 1.54) is 16.7 Å². The van der Waals surface area contributed by atoms with E-state index in [2.05, 4.69) is 5.32 Å². The smallest absolute Gasteiger partial charge is 0.332 e. The van der Waals surface area contributed by atoms with Gasteiger partial charge in [0.25, 0.3) is 17.2 Å². The van der Waals surface area contributed by atoms with Crippen LogP contribution >= 0.6 is 0 Å².